The standard InChI is InChI=1S/C20H21N3O5S/c1-4-27-16-10-8-14(9-11-16)19-22-23-20(28-19)21-18(24)15-6-5-7-17(12-15)29(25,26)13(2)3/h5-13H,4H2,1-3H3,(H,21,23,24). The molecule has 3 rings (SSSR count). The molecule has 8 nitrogen and oxygen atoms in total. The molecule has 0 saturated heterocycles. The SMILES string of the molecule is CCOc1ccc(-c2nnc(NC(=O)c3cccc(S(=O)(=O)C(C)C)c3)o2)cc1. The highest BCUT2D eigenvalue weighted by Gasteiger charge is 2.21. The van der Waals surface area contributed by atoms with E-state index in [1.807, 2.05) is 6.92 Å². The molecule has 0 fully saturated rings. The lowest BCUT2D eigenvalue weighted by molar-refractivity contribution is 0.102. The van der Waals surface area contributed by atoms with Gasteiger partial charge in [0.15, 0.2) is 9.84 Å². The molecule has 0 aliphatic carbocycles. The number of carbonyl (C=O) groups is 1. The molecule has 29 heavy (non-hydrogen) atoms. The largest absolute Gasteiger partial charge is 0.494 e. The predicted molar refractivity (Wildman–Crippen MR) is 108 cm³/mol. The number of nitrogens with zero attached hydrogens (tertiary/aromatic N) is 2. The first-order valence-corrected chi connectivity index (χ1v) is 10.6. The first kappa shape index (κ1) is 20.5. The van der Waals surface area contributed by atoms with Gasteiger partial charge >= 0.3 is 6.01 Å². The Morgan fingerprint density at radius 2 is 1.86 bits per heavy atom. The van der Waals surface area contributed by atoms with Crippen molar-refractivity contribution in [1.29, 1.82) is 0 Å². The number of amides is 1. The van der Waals surface area contributed by atoms with Gasteiger partial charge in [0.05, 0.1) is 16.8 Å². The zero-order valence-electron chi connectivity index (χ0n) is 16.2. The Labute approximate surface area is 168 Å². The molecule has 0 atom stereocenters. The van der Waals surface area contributed by atoms with E-state index in [4.69, 9.17) is 9.15 Å². The Morgan fingerprint density at radius 3 is 2.52 bits per heavy atom. The minimum absolute atomic E-state index is 0.0840. The third-order valence-electron chi connectivity index (χ3n) is 4.10. The summed E-state index contributed by atoms with van der Waals surface area (Å²) in [6.45, 7) is 5.64. The van der Waals surface area contributed by atoms with Gasteiger partial charge < -0.3 is 9.15 Å². The highest BCUT2D eigenvalue weighted by atomic mass is 32.2. The highest BCUT2D eigenvalue weighted by Crippen LogP contribution is 2.23. The van der Waals surface area contributed by atoms with Crippen LogP contribution >= 0.6 is 0 Å². The van der Waals surface area contributed by atoms with Crippen molar-refractivity contribution < 1.29 is 22.4 Å². The molecule has 2 aromatic carbocycles. The van der Waals surface area contributed by atoms with E-state index < -0.39 is 21.0 Å². The fourth-order valence-electron chi connectivity index (χ4n) is 2.51. The van der Waals surface area contributed by atoms with Gasteiger partial charge in [-0.3, -0.25) is 10.1 Å². The number of hydrogen-bond donors (Lipinski definition) is 1. The maximum Gasteiger partial charge on any atom is 0.322 e. The normalized spacial score (nSPS) is 11.4. The summed E-state index contributed by atoms with van der Waals surface area (Å²) in [7, 11) is -3.49. The van der Waals surface area contributed by atoms with Gasteiger partial charge in [0.2, 0.25) is 5.89 Å². The number of nitrogens with one attached hydrogen (secondary N) is 1. The van der Waals surface area contributed by atoms with Gasteiger partial charge in [-0.25, -0.2) is 8.42 Å². The van der Waals surface area contributed by atoms with E-state index in [0.29, 0.717) is 12.2 Å². The van der Waals surface area contributed by atoms with Crippen molar-refractivity contribution in [3.05, 3.63) is 54.1 Å². The summed E-state index contributed by atoms with van der Waals surface area (Å²) in [6, 6.07) is 12.8. The van der Waals surface area contributed by atoms with Gasteiger partial charge in [0, 0.05) is 11.1 Å². The molecular weight excluding hydrogens is 394 g/mol. The topological polar surface area (TPSA) is 111 Å². The van der Waals surface area contributed by atoms with Crippen molar-refractivity contribution >= 4 is 21.8 Å². The lowest BCUT2D eigenvalue weighted by Crippen LogP contribution is -2.16. The zero-order chi connectivity index (χ0) is 21.0. The van der Waals surface area contributed by atoms with Crippen LogP contribution in [0.25, 0.3) is 11.5 Å². The van der Waals surface area contributed by atoms with E-state index in [-0.39, 0.29) is 22.4 Å². The number of benzene rings is 2. The third-order valence-corrected chi connectivity index (χ3v) is 6.26. The van der Waals surface area contributed by atoms with Crippen LogP contribution in [0.4, 0.5) is 6.01 Å². The second kappa shape index (κ2) is 8.44. The number of carbonyl (C=O) groups excluding carboxylic acids is 1. The van der Waals surface area contributed by atoms with Gasteiger partial charge in [-0.05, 0) is 63.2 Å². The van der Waals surface area contributed by atoms with Crippen LogP contribution in [0, 0.1) is 0 Å². The van der Waals surface area contributed by atoms with Gasteiger partial charge in [-0.2, -0.15) is 0 Å². The second-order valence-electron chi connectivity index (χ2n) is 6.45. The van der Waals surface area contributed by atoms with Crippen molar-refractivity contribution in [3.63, 3.8) is 0 Å². The second-order valence-corrected chi connectivity index (χ2v) is 8.95. The fraction of sp³-hybridized carbons (Fsp3) is 0.250. The smallest absolute Gasteiger partial charge is 0.322 e. The number of aromatic nitrogens is 2. The molecule has 9 heteroatoms. The van der Waals surface area contributed by atoms with Gasteiger partial charge in [0.25, 0.3) is 5.91 Å². The molecule has 0 unspecified atom stereocenters. The van der Waals surface area contributed by atoms with Gasteiger partial charge in [-0.15, -0.1) is 5.10 Å². The molecule has 0 radical (unpaired) electrons. The summed E-state index contributed by atoms with van der Waals surface area (Å²) in [4.78, 5) is 12.6. The lowest BCUT2D eigenvalue weighted by atomic mass is 10.2. The van der Waals surface area contributed by atoms with E-state index in [2.05, 4.69) is 15.5 Å². The summed E-state index contributed by atoms with van der Waals surface area (Å²) in [5.74, 6) is 0.410. The Balaban J connectivity index is 1.75. The molecule has 0 saturated carbocycles. The van der Waals surface area contributed by atoms with Crippen LogP contribution in [0.15, 0.2) is 57.8 Å². The van der Waals surface area contributed by atoms with Crippen molar-refractivity contribution in [2.45, 2.75) is 30.9 Å². The van der Waals surface area contributed by atoms with Crippen molar-refractivity contribution in [1.82, 2.24) is 10.2 Å². The third kappa shape index (κ3) is 4.62. The molecule has 1 N–H and O–H groups in total. The van der Waals surface area contributed by atoms with E-state index >= 15 is 0 Å². The molecule has 0 bridgehead atoms. The van der Waals surface area contributed by atoms with Crippen LogP contribution in [-0.4, -0.2) is 36.4 Å². The summed E-state index contributed by atoms with van der Waals surface area (Å²) in [5.41, 5.74) is 0.846. The van der Waals surface area contributed by atoms with Crippen molar-refractivity contribution in [2.75, 3.05) is 11.9 Å². The predicted octanol–water partition coefficient (Wildman–Crippen LogP) is 3.57. The van der Waals surface area contributed by atoms with Crippen LogP contribution in [0.1, 0.15) is 31.1 Å². The number of sulfone groups is 1. The summed E-state index contributed by atoms with van der Waals surface area (Å²) in [6.07, 6.45) is 0. The average Bonchev–Trinajstić information content (AvgIpc) is 3.17. The van der Waals surface area contributed by atoms with Crippen molar-refractivity contribution in [2.24, 2.45) is 0 Å². The number of hydrogen-bond acceptors (Lipinski definition) is 7. The quantitative estimate of drug-likeness (QED) is 0.628. The monoisotopic (exact) mass is 415 g/mol. The highest BCUT2D eigenvalue weighted by molar-refractivity contribution is 7.92. The van der Waals surface area contributed by atoms with E-state index in [0.717, 1.165) is 5.75 Å². The van der Waals surface area contributed by atoms with Gasteiger partial charge in [-0.1, -0.05) is 11.2 Å². The Bertz CT molecular complexity index is 1110. The fourth-order valence-corrected chi connectivity index (χ4v) is 3.61. The summed E-state index contributed by atoms with van der Waals surface area (Å²) >= 11 is 0. The van der Waals surface area contributed by atoms with Crippen LogP contribution in [0.5, 0.6) is 5.75 Å². The van der Waals surface area contributed by atoms with E-state index in [9.17, 15) is 13.2 Å². The molecule has 0 spiro atoms. The average molecular weight is 415 g/mol. The Morgan fingerprint density at radius 1 is 1.14 bits per heavy atom. The molecular formula is C20H21N3O5S. The first-order valence-electron chi connectivity index (χ1n) is 9.03. The summed E-state index contributed by atoms with van der Waals surface area (Å²) < 4.78 is 35.5. The van der Waals surface area contributed by atoms with Gasteiger partial charge in [0.1, 0.15) is 5.75 Å². The van der Waals surface area contributed by atoms with Crippen LogP contribution in [0.3, 0.4) is 0 Å². The minimum Gasteiger partial charge on any atom is -0.494 e. The molecule has 3 aromatic rings. The molecule has 1 amide bonds. The molecule has 0 aliphatic rings. The number of rotatable bonds is 7. The maximum atomic E-state index is 12.5. The van der Waals surface area contributed by atoms with Crippen molar-refractivity contribution in [3.8, 4) is 17.2 Å². The van der Waals surface area contributed by atoms with E-state index in [1.165, 1.54) is 24.3 Å². The first-order chi connectivity index (χ1) is 13.8. The molecule has 152 valence electrons. The van der Waals surface area contributed by atoms with E-state index in [1.54, 1.807) is 38.1 Å². The zero-order valence-corrected chi connectivity index (χ0v) is 17.1. The van der Waals surface area contributed by atoms with Crippen LogP contribution < -0.4 is 10.1 Å². The number of anilines is 1. The maximum absolute atomic E-state index is 12.5. The van der Waals surface area contributed by atoms with Crippen LogP contribution in [0.2, 0.25) is 0 Å². The molecule has 1 aromatic heterocycles. The lowest BCUT2D eigenvalue weighted by Gasteiger charge is -2.09. The number of ether oxygens (including phenoxy) is 1. The Kier molecular flexibility index (Phi) is 5.97. The minimum atomic E-state index is -3.49. The Hall–Kier alpha value is -3.20. The molecule has 1 heterocycles. The molecule has 0 aliphatic heterocycles. The van der Waals surface area contributed by atoms with Crippen LogP contribution in [-0.2, 0) is 9.84 Å². The summed E-state index contributed by atoms with van der Waals surface area (Å²) in [5, 5.41) is 9.64.